The molecule has 0 unspecified atom stereocenters. The molecule has 0 radical (unpaired) electrons. The molecule has 2 aromatic carbocycles. The Labute approximate surface area is 180 Å². The van der Waals surface area contributed by atoms with Crippen molar-refractivity contribution in [3.05, 3.63) is 54.6 Å². The summed E-state index contributed by atoms with van der Waals surface area (Å²) in [5, 5.41) is 12.9. The molecule has 1 N–H and O–H groups in total. The molecule has 31 heavy (non-hydrogen) atoms. The molecule has 2 amide bonds. The number of piperazine rings is 1. The van der Waals surface area contributed by atoms with Crippen LogP contribution in [-0.2, 0) is 0 Å². The predicted molar refractivity (Wildman–Crippen MR) is 121 cm³/mol. The predicted octanol–water partition coefficient (Wildman–Crippen LogP) is 3.18. The lowest BCUT2D eigenvalue weighted by Crippen LogP contribution is -2.57. The molecule has 2 aromatic heterocycles. The van der Waals surface area contributed by atoms with Gasteiger partial charge in [-0.2, -0.15) is 0 Å². The number of para-hydroxylation sites is 1. The highest BCUT2D eigenvalue weighted by Gasteiger charge is 2.30. The Bertz CT molecular complexity index is 1240. The van der Waals surface area contributed by atoms with Crippen molar-refractivity contribution in [2.45, 2.75) is 19.9 Å². The summed E-state index contributed by atoms with van der Waals surface area (Å²) in [5.41, 5.74) is 2.66. The molecule has 1 saturated heterocycles. The molecule has 0 aliphatic carbocycles. The zero-order valence-electron chi connectivity index (χ0n) is 17.7. The maximum Gasteiger partial charge on any atom is 0.317 e. The van der Waals surface area contributed by atoms with Crippen LogP contribution in [0.2, 0.25) is 0 Å². The molecule has 0 spiro atoms. The van der Waals surface area contributed by atoms with Crippen molar-refractivity contribution >= 4 is 28.5 Å². The lowest BCUT2D eigenvalue weighted by molar-refractivity contribution is 0.171. The zero-order chi connectivity index (χ0) is 21.4. The van der Waals surface area contributed by atoms with Gasteiger partial charge in [0, 0.05) is 43.2 Å². The van der Waals surface area contributed by atoms with Crippen LogP contribution in [0.1, 0.15) is 13.8 Å². The van der Waals surface area contributed by atoms with E-state index in [9.17, 15) is 4.79 Å². The summed E-state index contributed by atoms with van der Waals surface area (Å²) in [5.74, 6) is 1.57. The van der Waals surface area contributed by atoms with Gasteiger partial charge in [0.25, 0.3) is 0 Å². The Morgan fingerprint density at radius 3 is 2.61 bits per heavy atom. The fraction of sp³-hybridized carbons (Fsp3) is 0.304. The van der Waals surface area contributed by atoms with Crippen molar-refractivity contribution in [2.75, 3.05) is 31.1 Å². The first-order valence-corrected chi connectivity index (χ1v) is 10.7. The SMILES string of the molecule is CCNC(=O)N1CCN(c2nc3ccccc3c3nnc(-c4ccccc4)n23)C[C@H]1C. The van der Waals surface area contributed by atoms with Crippen LogP contribution in [0.3, 0.4) is 0 Å². The van der Waals surface area contributed by atoms with E-state index in [1.165, 1.54) is 0 Å². The first-order valence-electron chi connectivity index (χ1n) is 10.7. The number of urea groups is 1. The Morgan fingerprint density at radius 2 is 1.84 bits per heavy atom. The maximum absolute atomic E-state index is 12.4. The number of carbonyl (C=O) groups is 1. The van der Waals surface area contributed by atoms with Gasteiger partial charge in [-0.3, -0.25) is 0 Å². The second-order valence-electron chi connectivity index (χ2n) is 7.80. The van der Waals surface area contributed by atoms with Crippen LogP contribution in [0.4, 0.5) is 10.7 Å². The summed E-state index contributed by atoms with van der Waals surface area (Å²) < 4.78 is 2.05. The smallest absolute Gasteiger partial charge is 0.317 e. The van der Waals surface area contributed by atoms with Crippen LogP contribution < -0.4 is 10.2 Å². The van der Waals surface area contributed by atoms with Gasteiger partial charge >= 0.3 is 6.03 Å². The van der Waals surface area contributed by atoms with E-state index in [1.807, 2.05) is 70.8 Å². The molecule has 4 aromatic rings. The summed E-state index contributed by atoms with van der Waals surface area (Å²) in [7, 11) is 0. The van der Waals surface area contributed by atoms with Crippen molar-refractivity contribution < 1.29 is 4.79 Å². The van der Waals surface area contributed by atoms with Crippen LogP contribution in [0.25, 0.3) is 27.9 Å². The number of nitrogens with zero attached hydrogens (tertiary/aromatic N) is 6. The minimum atomic E-state index is -0.0134. The Morgan fingerprint density at radius 1 is 1.06 bits per heavy atom. The number of aromatic nitrogens is 4. The molecule has 8 heteroatoms. The molecule has 158 valence electrons. The van der Waals surface area contributed by atoms with Gasteiger partial charge in [0.2, 0.25) is 5.95 Å². The first kappa shape index (κ1) is 19.3. The third kappa shape index (κ3) is 3.34. The van der Waals surface area contributed by atoms with E-state index in [-0.39, 0.29) is 12.1 Å². The molecule has 1 fully saturated rings. The number of hydrogen-bond acceptors (Lipinski definition) is 5. The third-order valence-electron chi connectivity index (χ3n) is 5.76. The number of carbonyl (C=O) groups excluding carboxylic acids is 1. The molecule has 0 bridgehead atoms. The lowest BCUT2D eigenvalue weighted by Gasteiger charge is -2.40. The van der Waals surface area contributed by atoms with Crippen LogP contribution in [0, 0.1) is 0 Å². The summed E-state index contributed by atoms with van der Waals surface area (Å²) in [4.78, 5) is 21.5. The minimum Gasteiger partial charge on any atom is -0.338 e. The van der Waals surface area contributed by atoms with Crippen LogP contribution in [0.5, 0.6) is 0 Å². The van der Waals surface area contributed by atoms with Gasteiger partial charge in [-0.15, -0.1) is 10.2 Å². The van der Waals surface area contributed by atoms with Crippen LogP contribution in [0.15, 0.2) is 54.6 Å². The molecule has 3 heterocycles. The van der Waals surface area contributed by atoms with Crippen LogP contribution >= 0.6 is 0 Å². The van der Waals surface area contributed by atoms with E-state index in [0.717, 1.165) is 33.9 Å². The van der Waals surface area contributed by atoms with E-state index in [1.54, 1.807) is 0 Å². The van der Waals surface area contributed by atoms with E-state index in [4.69, 9.17) is 4.98 Å². The second-order valence-corrected chi connectivity index (χ2v) is 7.80. The summed E-state index contributed by atoms with van der Waals surface area (Å²) in [6.07, 6.45) is 0. The molecule has 8 nitrogen and oxygen atoms in total. The molecule has 1 atom stereocenters. The van der Waals surface area contributed by atoms with E-state index in [2.05, 4.69) is 27.3 Å². The van der Waals surface area contributed by atoms with E-state index >= 15 is 0 Å². The molecular weight excluding hydrogens is 390 g/mol. The van der Waals surface area contributed by atoms with Crippen molar-refractivity contribution in [3.63, 3.8) is 0 Å². The molecule has 1 aliphatic rings. The van der Waals surface area contributed by atoms with Gasteiger partial charge in [-0.05, 0) is 26.0 Å². The average molecular weight is 416 g/mol. The fourth-order valence-electron chi connectivity index (χ4n) is 4.25. The summed E-state index contributed by atoms with van der Waals surface area (Å²) in [6, 6.07) is 18.1. The topological polar surface area (TPSA) is 78.7 Å². The Balaban J connectivity index is 1.62. The number of benzene rings is 2. The number of fused-ring (bicyclic) bond motifs is 3. The van der Waals surface area contributed by atoms with Gasteiger partial charge in [0.05, 0.1) is 5.52 Å². The Hall–Kier alpha value is -3.68. The number of rotatable bonds is 3. The standard InChI is InChI=1S/C23H25N7O/c1-3-24-23(31)29-14-13-28(15-16(29)2)22-25-19-12-8-7-11-18(19)21-27-26-20(30(21)22)17-9-5-4-6-10-17/h4-12,16H,3,13-15H2,1-2H3,(H,24,31)/t16-/m1/s1. The lowest BCUT2D eigenvalue weighted by atomic mass is 10.2. The van der Waals surface area contributed by atoms with Crippen molar-refractivity contribution in [1.29, 1.82) is 0 Å². The number of nitrogens with one attached hydrogen (secondary N) is 1. The highest BCUT2D eigenvalue weighted by molar-refractivity contribution is 5.93. The zero-order valence-corrected chi connectivity index (χ0v) is 17.7. The molecule has 0 saturated carbocycles. The fourth-order valence-corrected chi connectivity index (χ4v) is 4.25. The van der Waals surface area contributed by atoms with Gasteiger partial charge in [-0.25, -0.2) is 14.2 Å². The quantitative estimate of drug-likeness (QED) is 0.556. The highest BCUT2D eigenvalue weighted by Crippen LogP contribution is 2.29. The van der Waals surface area contributed by atoms with Gasteiger partial charge in [-0.1, -0.05) is 42.5 Å². The third-order valence-corrected chi connectivity index (χ3v) is 5.76. The monoisotopic (exact) mass is 415 g/mol. The van der Waals surface area contributed by atoms with E-state index < -0.39 is 0 Å². The summed E-state index contributed by atoms with van der Waals surface area (Å²) in [6.45, 7) is 6.64. The van der Waals surface area contributed by atoms with Crippen molar-refractivity contribution in [3.8, 4) is 11.4 Å². The number of amides is 2. The van der Waals surface area contributed by atoms with E-state index in [0.29, 0.717) is 26.2 Å². The van der Waals surface area contributed by atoms with Gasteiger partial charge < -0.3 is 15.1 Å². The average Bonchev–Trinajstić information content (AvgIpc) is 3.25. The minimum absolute atomic E-state index is 0.0134. The molecule has 5 rings (SSSR count). The maximum atomic E-state index is 12.4. The van der Waals surface area contributed by atoms with Gasteiger partial charge in [0.15, 0.2) is 11.5 Å². The normalized spacial score (nSPS) is 16.8. The van der Waals surface area contributed by atoms with Crippen molar-refractivity contribution in [2.24, 2.45) is 0 Å². The highest BCUT2D eigenvalue weighted by atomic mass is 16.2. The first-order chi connectivity index (χ1) is 15.2. The van der Waals surface area contributed by atoms with Crippen LogP contribution in [-0.4, -0.2) is 62.7 Å². The molecule has 1 aliphatic heterocycles. The second kappa shape index (κ2) is 7.86. The number of hydrogen-bond donors (Lipinski definition) is 1. The largest absolute Gasteiger partial charge is 0.338 e. The molecular formula is C23H25N7O. The van der Waals surface area contributed by atoms with Gasteiger partial charge in [0.1, 0.15) is 0 Å². The Kier molecular flexibility index (Phi) is 4.89. The summed E-state index contributed by atoms with van der Waals surface area (Å²) >= 11 is 0. The number of anilines is 1. The van der Waals surface area contributed by atoms with Crippen molar-refractivity contribution in [1.82, 2.24) is 29.8 Å².